The van der Waals surface area contributed by atoms with Crippen LogP contribution in [0.3, 0.4) is 0 Å². The molecule has 0 fully saturated rings. The first-order chi connectivity index (χ1) is 9.77. The van der Waals surface area contributed by atoms with Gasteiger partial charge in [-0.3, -0.25) is 5.41 Å². The highest BCUT2D eigenvalue weighted by atomic mass is 16.5. The summed E-state index contributed by atoms with van der Waals surface area (Å²) in [6.45, 7) is 8.45. The molecule has 0 aliphatic heterocycles. The number of nitrogens with zero attached hydrogens (tertiary/aromatic N) is 1. The molecule has 0 saturated heterocycles. The third-order valence-corrected chi connectivity index (χ3v) is 3.21. The number of amidine groups is 1. The second-order valence-electron chi connectivity index (χ2n) is 6.15. The van der Waals surface area contributed by atoms with Gasteiger partial charge in [-0.2, -0.15) is 0 Å². The fourth-order valence-corrected chi connectivity index (χ4v) is 2.08. The van der Waals surface area contributed by atoms with Gasteiger partial charge in [-0.15, -0.1) is 0 Å². The summed E-state index contributed by atoms with van der Waals surface area (Å²) < 4.78 is 5.94. The molecule has 1 aromatic heterocycles. The van der Waals surface area contributed by atoms with Crippen LogP contribution in [0.4, 0.5) is 0 Å². The van der Waals surface area contributed by atoms with E-state index in [9.17, 15) is 0 Å². The van der Waals surface area contributed by atoms with Gasteiger partial charge >= 0.3 is 0 Å². The molecule has 0 aliphatic carbocycles. The van der Waals surface area contributed by atoms with Crippen molar-refractivity contribution in [2.24, 2.45) is 5.73 Å². The topological polar surface area (TPSA) is 72.0 Å². The highest BCUT2D eigenvalue weighted by Gasteiger charge is 2.19. The SMILES string of the molecule is Cc1ccc(C(C)(C)C)c(Oc2cc(C(=N)N)ccn2)c1. The van der Waals surface area contributed by atoms with E-state index in [1.54, 1.807) is 18.3 Å². The number of nitrogens with two attached hydrogens (primary N) is 1. The maximum Gasteiger partial charge on any atom is 0.219 e. The van der Waals surface area contributed by atoms with Crippen molar-refractivity contribution in [3.05, 3.63) is 53.2 Å². The third kappa shape index (κ3) is 3.60. The molecule has 0 spiro atoms. The van der Waals surface area contributed by atoms with Gasteiger partial charge in [0.05, 0.1) is 0 Å². The molecule has 0 amide bonds. The summed E-state index contributed by atoms with van der Waals surface area (Å²) in [5.41, 5.74) is 8.31. The Kier molecular flexibility index (Phi) is 3.98. The van der Waals surface area contributed by atoms with E-state index in [1.165, 1.54) is 0 Å². The molecule has 0 saturated carbocycles. The molecule has 0 aliphatic rings. The quantitative estimate of drug-likeness (QED) is 0.665. The number of nitrogens with one attached hydrogen (secondary N) is 1. The van der Waals surface area contributed by atoms with E-state index in [0.717, 1.165) is 16.9 Å². The smallest absolute Gasteiger partial charge is 0.219 e. The van der Waals surface area contributed by atoms with Crippen molar-refractivity contribution < 1.29 is 4.74 Å². The van der Waals surface area contributed by atoms with E-state index >= 15 is 0 Å². The summed E-state index contributed by atoms with van der Waals surface area (Å²) in [5.74, 6) is 1.23. The van der Waals surface area contributed by atoms with Crippen LogP contribution in [0.15, 0.2) is 36.5 Å². The summed E-state index contributed by atoms with van der Waals surface area (Å²) in [6.07, 6.45) is 1.60. The number of ether oxygens (including phenoxy) is 1. The number of aromatic nitrogens is 1. The van der Waals surface area contributed by atoms with Gasteiger partial charge < -0.3 is 10.5 Å². The average molecular weight is 283 g/mol. The summed E-state index contributed by atoms with van der Waals surface area (Å²) in [6, 6.07) is 9.53. The summed E-state index contributed by atoms with van der Waals surface area (Å²) in [5, 5.41) is 7.48. The summed E-state index contributed by atoms with van der Waals surface area (Å²) in [7, 11) is 0. The predicted molar refractivity (Wildman–Crippen MR) is 85.2 cm³/mol. The van der Waals surface area contributed by atoms with Crippen LogP contribution in [-0.2, 0) is 5.41 Å². The van der Waals surface area contributed by atoms with Gasteiger partial charge in [0, 0.05) is 23.4 Å². The fourth-order valence-electron chi connectivity index (χ4n) is 2.08. The molecule has 4 nitrogen and oxygen atoms in total. The van der Waals surface area contributed by atoms with E-state index in [4.69, 9.17) is 15.9 Å². The lowest BCUT2D eigenvalue weighted by Crippen LogP contribution is -2.13. The first-order valence-electron chi connectivity index (χ1n) is 6.87. The van der Waals surface area contributed by atoms with Crippen molar-refractivity contribution >= 4 is 5.84 Å². The molecule has 0 radical (unpaired) electrons. The van der Waals surface area contributed by atoms with E-state index < -0.39 is 0 Å². The Balaban J connectivity index is 2.41. The maximum atomic E-state index is 7.48. The molecule has 2 rings (SSSR count). The zero-order valence-corrected chi connectivity index (χ0v) is 12.9. The fraction of sp³-hybridized carbons (Fsp3) is 0.294. The predicted octanol–water partition coefficient (Wildman–Crippen LogP) is 3.76. The summed E-state index contributed by atoms with van der Waals surface area (Å²) >= 11 is 0. The normalized spacial score (nSPS) is 11.2. The van der Waals surface area contributed by atoms with Crippen LogP contribution >= 0.6 is 0 Å². The van der Waals surface area contributed by atoms with E-state index in [0.29, 0.717) is 11.4 Å². The number of aryl methyl sites for hydroxylation is 1. The molecule has 1 heterocycles. The maximum absolute atomic E-state index is 7.48. The first-order valence-corrected chi connectivity index (χ1v) is 6.87. The lowest BCUT2D eigenvalue weighted by atomic mass is 9.86. The highest BCUT2D eigenvalue weighted by Crippen LogP contribution is 2.34. The highest BCUT2D eigenvalue weighted by molar-refractivity contribution is 5.95. The molecule has 2 aromatic rings. The van der Waals surface area contributed by atoms with Crippen molar-refractivity contribution in [1.29, 1.82) is 5.41 Å². The van der Waals surface area contributed by atoms with Gasteiger partial charge in [0.15, 0.2) is 0 Å². The number of pyridine rings is 1. The zero-order chi connectivity index (χ0) is 15.6. The monoisotopic (exact) mass is 283 g/mol. The van der Waals surface area contributed by atoms with Crippen LogP contribution in [0.5, 0.6) is 11.6 Å². The van der Waals surface area contributed by atoms with Gasteiger partial charge in [-0.25, -0.2) is 4.98 Å². The molecular formula is C17H21N3O. The molecule has 3 N–H and O–H groups in total. The Bertz CT molecular complexity index is 672. The molecule has 21 heavy (non-hydrogen) atoms. The minimum atomic E-state index is -0.0266. The van der Waals surface area contributed by atoms with Gasteiger partial charge in [0.1, 0.15) is 11.6 Å². The van der Waals surface area contributed by atoms with Crippen LogP contribution in [0.25, 0.3) is 0 Å². The Labute approximate surface area is 125 Å². The first kappa shape index (κ1) is 15.0. The lowest BCUT2D eigenvalue weighted by Gasteiger charge is -2.23. The molecule has 110 valence electrons. The third-order valence-electron chi connectivity index (χ3n) is 3.21. The zero-order valence-electron chi connectivity index (χ0n) is 12.9. The second-order valence-corrected chi connectivity index (χ2v) is 6.15. The molecule has 4 heteroatoms. The van der Waals surface area contributed by atoms with Gasteiger partial charge in [0.2, 0.25) is 5.88 Å². The molecule has 0 bridgehead atoms. The number of benzene rings is 1. The Hall–Kier alpha value is -2.36. The standard InChI is InChI=1S/C17H21N3O/c1-11-5-6-13(17(2,3)4)14(9-11)21-15-10-12(16(18)19)7-8-20-15/h5-10H,1-4H3,(H3,18,19). The average Bonchev–Trinajstić information content (AvgIpc) is 2.37. The molecular weight excluding hydrogens is 262 g/mol. The van der Waals surface area contributed by atoms with Crippen molar-refractivity contribution in [3.63, 3.8) is 0 Å². The van der Waals surface area contributed by atoms with Crippen molar-refractivity contribution in [1.82, 2.24) is 4.98 Å². The lowest BCUT2D eigenvalue weighted by molar-refractivity contribution is 0.439. The van der Waals surface area contributed by atoms with Crippen LogP contribution in [-0.4, -0.2) is 10.8 Å². The van der Waals surface area contributed by atoms with E-state index in [-0.39, 0.29) is 11.3 Å². The van der Waals surface area contributed by atoms with Crippen molar-refractivity contribution in [2.75, 3.05) is 0 Å². The van der Waals surface area contributed by atoms with Gasteiger partial charge in [0.25, 0.3) is 0 Å². The van der Waals surface area contributed by atoms with Crippen molar-refractivity contribution in [2.45, 2.75) is 33.1 Å². The number of hydrogen-bond donors (Lipinski definition) is 2. The van der Waals surface area contributed by atoms with Gasteiger partial charge in [-0.1, -0.05) is 32.9 Å². The number of rotatable bonds is 3. The van der Waals surface area contributed by atoms with Crippen LogP contribution < -0.4 is 10.5 Å². The Morgan fingerprint density at radius 3 is 2.52 bits per heavy atom. The number of nitrogen functional groups attached to an aromatic ring is 1. The second kappa shape index (κ2) is 5.56. The molecule has 0 atom stereocenters. The van der Waals surface area contributed by atoms with Crippen LogP contribution in [0.2, 0.25) is 0 Å². The Morgan fingerprint density at radius 1 is 1.19 bits per heavy atom. The number of hydrogen-bond acceptors (Lipinski definition) is 3. The molecule has 1 aromatic carbocycles. The molecule has 0 unspecified atom stereocenters. The van der Waals surface area contributed by atoms with Gasteiger partial charge in [-0.05, 0) is 30.0 Å². The van der Waals surface area contributed by atoms with E-state index in [1.807, 2.05) is 13.0 Å². The van der Waals surface area contributed by atoms with Crippen molar-refractivity contribution in [3.8, 4) is 11.6 Å². The Morgan fingerprint density at radius 2 is 1.90 bits per heavy atom. The largest absolute Gasteiger partial charge is 0.439 e. The van der Waals surface area contributed by atoms with Crippen LogP contribution in [0, 0.1) is 12.3 Å². The minimum absolute atomic E-state index is 0.00235. The summed E-state index contributed by atoms with van der Waals surface area (Å²) in [4.78, 5) is 4.20. The van der Waals surface area contributed by atoms with Crippen LogP contribution in [0.1, 0.15) is 37.5 Å². The minimum Gasteiger partial charge on any atom is -0.439 e. The van der Waals surface area contributed by atoms with E-state index in [2.05, 4.69) is 37.9 Å².